The molecule has 0 bridgehead atoms. The third-order valence-electron chi connectivity index (χ3n) is 24.1. The molecule has 6 atom stereocenters. The molecule has 0 radical (unpaired) electrons. The number of benzene rings is 7. The Morgan fingerprint density at radius 3 is 1.13 bits per heavy atom. The fraction of sp³-hybridized carbons (Fsp3) is 0.478. The maximum atomic E-state index is 14.4. The number of carbonyl (C=O) groups excluding carboxylic acids is 5. The molecular weight excluding hydrogens is 1590 g/mol. The molecule has 116 heavy (non-hydrogen) atoms. The molecule has 13 rings (SSSR count). The summed E-state index contributed by atoms with van der Waals surface area (Å²) >= 11 is 3.41. The first-order valence-corrected chi connectivity index (χ1v) is 41.4. The van der Waals surface area contributed by atoms with Gasteiger partial charge in [-0.3, -0.25) is 9.59 Å². The van der Waals surface area contributed by atoms with Crippen LogP contribution < -0.4 is 10.8 Å². The summed E-state index contributed by atoms with van der Waals surface area (Å²) in [5, 5.41) is 20.9. The van der Waals surface area contributed by atoms with Crippen LogP contribution in [0.1, 0.15) is 117 Å². The molecule has 6 aliphatic heterocycles. The molecule has 7 aromatic rings. The number of carbonyl (C=O) groups is 5. The summed E-state index contributed by atoms with van der Waals surface area (Å²) in [6.45, 7) is 20.2. The molecule has 3 N–H and O–H groups in total. The van der Waals surface area contributed by atoms with E-state index in [4.69, 9.17) is 10.0 Å². The van der Waals surface area contributed by atoms with E-state index in [1.807, 2.05) is 126 Å². The number of rotatable bonds is 22. The first kappa shape index (κ1) is 95.6. The molecule has 630 valence electrons. The average Bonchev–Trinajstić information content (AvgIpc) is 1.80. The zero-order valence-corrected chi connectivity index (χ0v) is 74.3. The largest absolute Gasteiger partial charge is 0.488 e. The van der Waals surface area contributed by atoms with Gasteiger partial charge >= 0.3 is 25.2 Å². The second-order valence-corrected chi connectivity index (χ2v) is 32.7. The highest BCUT2D eigenvalue weighted by atomic mass is 79.9. The van der Waals surface area contributed by atoms with Crippen LogP contribution in [0.15, 0.2) is 168 Å². The van der Waals surface area contributed by atoms with E-state index in [-0.39, 0.29) is 112 Å². The number of amides is 8. The first-order chi connectivity index (χ1) is 54.3. The number of hydrogen-bond donors (Lipinski definition) is 3. The van der Waals surface area contributed by atoms with Gasteiger partial charge in [0.2, 0.25) is 0 Å². The number of hydrogen-bond acceptors (Lipinski definition) is 11. The Morgan fingerprint density at radius 2 is 0.759 bits per heavy atom. The maximum Gasteiger partial charge on any atom is 0.488 e. The zero-order chi connectivity index (χ0) is 80.8. The van der Waals surface area contributed by atoms with E-state index >= 15 is 0 Å². The highest BCUT2D eigenvalue weighted by molar-refractivity contribution is 9.10. The summed E-state index contributed by atoms with van der Waals surface area (Å²) < 4.78 is 28.5. The Bertz CT molecular complexity index is 4240. The summed E-state index contributed by atoms with van der Waals surface area (Å²) in [6, 6.07) is 55.1. The van der Waals surface area contributed by atoms with Gasteiger partial charge in [0.25, 0.3) is 11.8 Å². The van der Waals surface area contributed by atoms with Crippen LogP contribution in [0.5, 0.6) is 0 Å². The van der Waals surface area contributed by atoms with Crippen LogP contribution in [0.3, 0.4) is 0 Å². The maximum absolute atomic E-state index is 14.4. The molecule has 6 fully saturated rings. The molecule has 19 nitrogen and oxygen atoms in total. The first-order valence-electron chi connectivity index (χ1n) is 40.6. The number of halogens is 3. The van der Waals surface area contributed by atoms with Crippen molar-refractivity contribution in [2.45, 2.75) is 141 Å². The van der Waals surface area contributed by atoms with Gasteiger partial charge < -0.3 is 69.3 Å². The quantitative estimate of drug-likeness (QED) is 0.0551. The van der Waals surface area contributed by atoms with Crippen LogP contribution >= 0.6 is 56.4 Å². The van der Waals surface area contributed by atoms with Crippen LogP contribution in [0, 0.1) is 39.3 Å². The summed E-state index contributed by atoms with van der Waals surface area (Å²) in [6.07, 6.45) is 12.5. The lowest BCUT2D eigenvalue weighted by atomic mass is 9.77. The predicted molar refractivity (Wildman–Crippen MR) is 484 cm³/mol. The number of nitrogens with zero attached hydrogens (tertiary/aromatic N) is 11. The van der Waals surface area contributed by atoms with Gasteiger partial charge in [0.1, 0.15) is 11.6 Å². The summed E-state index contributed by atoms with van der Waals surface area (Å²) in [5.41, 5.74) is 9.41. The minimum Gasteiger partial charge on any atom is -0.423 e. The molecule has 0 aliphatic carbocycles. The van der Waals surface area contributed by atoms with Crippen LogP contribution in [-0.4, -0.2) is 278 Å². The number of aryl methyl sites for hydroxylation is 5. The summed E-state index contributed by atoms with van der Waals surface area (Å²) in [5.74, 6) is -0.631. The fourth-order valence-corrected chi connectivity index (χ4v) is 16.9. The van der Waals surface area contributed by atoms with Gasteiger partial charge in [-0.1, -0.05) is 143 Å². The van der Waals surface area contributed by atoms with Crippen LogP contribution in [0.25, 0.3) is 11.1 Å². The van der Waals surface area contributed by atoms with Gasteiger partial charge in [0.15, 0.2) is 0 Å². The zero-order valence-electron chi connectivity index (χ0n) is 69.7. The Hall–Kier alpha value is -7.50. The van der Waals surface area contributed by atoms with Crippen LogP contribution in [0.2, 0.25) is 0 Å². The highest BCUT2D eigenvalue weighted by Gasteiger charge is 2.39. The number of likely N-dealkylation sites (N-methyl/N-ethyl adjacent to an activating group) is 6. The lowest BCUT2D eigenvalue weighted by molar-refractivity contribution is 0.0727. The van der Waals surface area contributed by atoms with Gasteiger partial charge in [-0.25, -0.2) is 23.2 Å². The number of likely N-dealkylation sites (tertiary alicyclic amines) is 6. The molecule has 7 aromatic carbocycles. The molecular formula is C90H126BBrF2N12O7S3. The van der Waals surface area contributed by atoms with Crippen molar-refractivity contribution in [3.63, 3.8) is 0 Å². The second kappa shape index (κ2) is 46.8. The van der Waals surface area contributed by atoms with E-state index in [0.717, 1.165) is 158 Å². The molecule has 8 amide bonds. The Balaban J connectivity index is 0.000000226. The van der Waals surface area contributed by atoms with E-state index in [1.165, 1.54) is 42.2 Å². The van der Waals surface area contributed by atoms with Gasteiger partial charge in [0, 0.05) is 154 Å². The van der Waals surface area contributed by atoms with E-state index in [1.54, 1.807) is 36.6 Å². The molecule has 0 spiro atoms. The molecule has 6 saturated heterocycles. The molecule has 26 heteroatoms. The number of urea groups is 3. The average molecular weight is 1710 g/mol. The van der Waals surface area contributed by atoms with Crippen molar-refractivity contribution in [1.82, 2.24) is 59.2 Å². The van der Waals surface area contributed by atoms with Crippen molar-refractivity contribution in [3.05, 3.63) is 230 Å². The van der Waals surface area contributed by atoms with E-state index in [9.17, 15) is 32.8 Å². The monoisotopic (exact) mass is 1710 g/mol. The minimum absolute atomic E-state index is 0. The van der Waals surface area contributed by atoms with Crippen molar-refractivity contribution in [2.24, 2.45) is 0 Å². The van der Waals surface area contributed by atoms with E-state index in [2.05, 4.69) is 127 Å². The van der Waals surface area contributed by atoms with Crippen LogP contribution in [-0.2, 0) is 19.3 Å². The standard InChI is InChI=1S/C35H43FN4O2.C27H35BrN4O2.C20H32N4O.C8H10BFO2.3H2S/c1-25-12-17-32(26(2)33(25)36)28-13-15-29(16-14-28)34(41)37(3)31-19-22-40(24-31)35(42)38(4)30-18-21-39(23-30)20-8-11-27-9-6-5-7-10-27;1-29(26(33)22-10-12-23(28)13-11-22)25-15-18-32(20-25)27(34)30(2)24-14-17-31(19-24)16-6-9-21-7-4-3-5-8-21;1-21-18-10-14-24(15-18)20(25)22(2)19-11-13-23(16-19)12-6-9-17-7-4-3-5-8-17;1-5-3-4-7(9(11)12)6(2)8(5)10;;;/h5-7,9-10,12-17,30-31H,8,11,18-24H2,1-4H3;3-5,7-8,10-13,24-25H,6,9,14-20H2,1-2H3;3-5,7-8,18-19,21H,6,9-16H2,1-2H3;3-4,11-12H,1-2H3;3*1H2. The van der Waals surface area contributed by atoms with Crippen molar-refractivity contribution >= 4 is 98.9 Å². The molecule has 0 aromatic heterocycles. The summed E-state index contributed by atoms with van der Waals surface area (Å²) in [7, 11) is 9.88. The predicted octanol–water partition coefficient (Wildman–Crippen LogP) is 12.9. The third-order valence-corrected chi connectivity index (χ3v) is 24.7. The van der Waals surface area contributed by atoms with Gasteiger partial charge in [-0.15, -0.1) is 0 Å². The SMILES string of the molecule is CN(C(=O)c1ccc(Br)cc1)C1CCN(C(=O)N(C)C2CCN(CCCc3ccccc3)C2)C1.CNC1CCN(C(=O)N(C)C2CCN(CCCc3ccccc3)C2)C1.Cc1ccc(-c2ccc(C(=O)N(C)C3CCN(C(=O)N(C)C4CCN(CCCc5ccccc5)C4)C3)cc2)c(C)c1F.Cc1ccc(B(O)O)c(C)c1F.S.S.S. The van der Waals surface area contributed by atoms with Crippen molar-refractivity contribution < 1.29 is 42.8 Å². The molecule has 0 saturated carbocycles. The van der Waals surface area contributed by atoms with E-state index in [0.29, 0.717) is 71.6 Å². The second-order valence-electron chi connectivity index (χ2n) is 31.7. The summed E-state index contributed by atoms with van der Waals surface area (Å²) in [4.78, 5) is 88.1. The fourth-order valence-electron chi connectivity index (χ4n) is 16.6. The Labute approximate surface area is 718 Å². The smallest absolute Gasteiger partial charge is 0.423 e. The van der Waals surface area contributed by atoms with Gasteiger partial charge in [-0.05, 0) is 223 Å². The van der Waals surface area contributed by atoms with Crippen LogP contribution in [0.4, 0.5) is 23.2 Å². The molecule has 6 unspecified atom stereocenters. The third kappa shape index (κ3) is 26.3. The number of nitrogens with one attached hydrogen (secondary N) is 1. The highest BCUT2D eigenvalue weighted by Crippen LogP contribution is 2.30. The Morgan fingerprint density at radius 1 is 0.422 bits per heavy atom. The minimum atomic E-state index is -1.60. The topological polar surface area (TPSA) is 173 Å². The van der Waals surface area contributed by atoms with Gasteiger partial charge in [0.05, 0.1) is 12.1 Å². The molecule has 6 aliphatic rings. The lowest BCUT2D eigenvalue weighted by Crippen LogP contribution is -2.47. The van der Waals surface area contributed by atoms with Crippen molar-refractivity contribution in [3.8, 4) is 11.1 Å². The van der Waals surface area contributed by atoms with E-state index < -0.39 is 7.12 Å². The van der Waals surface area contributed by atoms with Crippen molar-refractivity contribution in [2.75, 3.05) is 140 Å². The Kier molecular flexibility index (Phi) is 38.5. The van der Waals surface area contributed by atoms with Crippen molar-refractivity contribution in [1.29, 1.82) is 0 Å². The molecule has 6 heterocycles. The normalized spacial score (nSPS) is 19.0. The lowest BCUT2D eigenvalue weighted by Gasteiger charge is -2.30. The van der Waals surface area contributed by atoms with Gasteiger partial charge in [-0.2, -0.15) is 40.5 Å².